The van der Waals surface area contributed by atoms with Crippen molar-refractivity contribution in [1.82, 2.24) is 14.8 Å². The zero-order valence-electron chi connectivity index (χ0n) is 10.5. The number of halogens is 4. The van der Waals surface area contributed by atoms with Gasteiger partial charge in [-0.05, 0) is 6.07 Å². The normalized spacial score (nSPS) is 17.3. The Balaban J connectivity index is 1.94. The van der Waals surface area contributed by atoms with Crippen LogP contribution in [-0.4, -0.2) is 59.6 Å². The largest absolute Gasteiger partial charge is 0.401 e. The molecule has 0 spiro atoms. The fourth-order valence-corrected chi connectivity index (χ4v) is 2.25. The van der Waals surface area contributed by atoms with Gasteiger partial charge in [0.15, 0.2) is 0 Å². The lowest BCUT2D eigenvalue weighted by atomic mass is 10.2. The van der Waals surface area contributed by atoms with Crippen LogP contribution in [0.1, 0.15) is 10.4 Å². The Morgan fingerprint density at radius 1 is 1.30 bits per heavy atom. The number of nitrogens with zero attached hydrogens (tertiary/aromatic N) is 3. The lowest BCUT2D eigenvalue weighted by Crippen LogP contribution is -2.51. The number of aromatic nitrogens is 1. The van der Waals surface area contributed by atoms with Gasteiger partial charge < -0.3 is 4.90 Å². The van der Waals surface area contributed by atoms with E-state index < -0.39 is 12.7 Å². The zero-order valence-corrected chi connectivity index (χ0v) is 11.3. The van der Waals surface area contributed by atoms with Gasteiger partial charge in [-0.2, -0.15) is 13.2 Å². The molecule has 1 aliphatic rings. The Morgan fingerprint density at radius 2 is 1.95 bits per heavy atom. The first-order valence-corrected chi connectivity index (χ1v) is 6.42. The Labute approximate surface area is 119 Å². The summed E-state index contributed by atoms with van der Waals surface area (Å²) in [5, 5.41) is 0.294. The van der Waals surface area contributed by atoms with Crippen molar-refractivity contribution < 1.29 is 18.0 Å². The molecule has 1 saturated heterocycles. The van der Waals surface area contributed by atoms with Gasteiger partial charge in [0.1, 0.15) is 0 Å². The van der Waals surface area contributed by atoms with Crippen LogP contribution >= 0.6 is 11.6 Å². The maximum Gasteiger partial charge on any atom is 0.401 e. The molecule has 0 atom stereocenters. The average molecular weight is 308 g/mol. The first-order valence-electron chi connectivity index (χ1n) is 6.05. The molecule has 110 valence electrons. The highest BCUT2D eigenvalue weighted by Crippen LogP contribution is 2.19. The molecular weight excluding hydrogens is 295 g/mol. The van der Waals surface area contributed by atoms with E-state index in [2.05, 4.69) is 4.98 Å². The molecule has 0 aromatic carbocycles. The number of rotatable bonds is 2. The van der Waals surface area contributed by atoms with Crippen molar-refractivity contribution in [3.8, 4) is 0 Å². The number of carbonyl (C=O) groups is 1. The molecule has 0 unspecified atom stereocenters. The van der Waals surface area contributed by atoms with Crippen LogP contribution in [0.5, 0.6) is 0 Å². The molecule has 1 aromatic heterocycles. The number of pyridine rings is 1. The lowest BCUT2D eigenvalue weighted by molar-refractivity contribution is -0.148. The van der Waals surface area contributed by atoms with Crippen molar-refractivity contribution in [2.75, 3.05) is 32.7 Å². The maximum atomic E-state index is 12.3. The second-order valence-corrected chi connectivity index (χ2v) is 4.95. The first-order chi connectivity index (χ1) is 9.37. The Morgan fingerprint density at radius 3 is 2.50 bits per heavy atom. The number of carbonyl (C=O) groups excluding carboxylic acids is 1. The van der Waals surface area contributed by atoms with Crippen LogP contribution in [0.15, 0.2) is 18.5 Å². The van der Waals surface area contributed by atoms with Crippen molar-refractivity contribution in [2.45, 2.75) is 6.18 Å². The molecule has 1 aliphatic heterocycles. The SMILES string of the molecule is O=C(c1cnccc1Cl)N1CCN(CC(F)(F)F)CC1. The van der Waals surface area contributed by atoms with E-state index in [1.54, 1.807) is 0 Å². The van der Waals surface area contributed by atoms with Crippen LogP contribution in [-0.2, 0) is 0 Å². The lowest BCUT2D eigenvalue weighted by Gasteiger charge is -2.35. The van der Waals surface area contributed by atoms with E-state index in [0.29, 0.717) is 5.02 Å². The fraction of sp³-hybridized carbons (Fsp3) is 0.500. The molecule has 1 amide bonds. The Kier molecular flexibility index (Phi) is 4.49. The van der Waals surface area contributed by atoms with Gasteiger partial charge in [-0.1, -0.05) is 11.6 Å². The summed E-state index contributed by atoms with van der Waals surface area (Å²) in [4.78, 5) is 18.8. The minimum Gasteiger partial charge on any atom is -0.336 e. The van der Waals surface area contributed by atoms with Gasteiger partial charge in [-0.15, -0.1) is 0 Å². The Hall–Kier alpha value is -1.34. The smallest absolute Gasteiger partial charge is 0.336 e. The van der Waals surface area contributed by atoms with Gasteiger partial charge in [0, 0.05) is 38.6 Å². The van der Waals surface area contributed by atoms with Crippen molar-refractivity contribution in [3.63, 3.8) is 0 Å². The van der Waals surface area contributed by atoms with Crippen LogP contribution < -0.4 is 0 Å². The van der Waals surface area contributed by atoms with Crippen molar-refractivity contribution in [3.05, 3.63) is 29.0 Å². The summed E-state index contributed by atoms with van der Waals surface area (Å²) in [7, 11) is 0. The van der Waals surface area contributed by atoms with Crippen LogP contribution in [0, 0.1) is 0 Å². The molecule has 20 heavy (non-hydrogen) atoms. The highest BCUT2D eigenvalue weighted by molar-refractivity contribution is 6.33. The molecule has 2 rings (SSSR count). The number of hydrogen-bond donors (Lipinski definition) is 0. The molecule has 0 bridgehead atoms. The average Bonchev–Trinajstić information content (AvgIpc) is 2.37. The molecule has 1 fully saturated rings. The second kappa shape index (κ2) is 5.97. The summed E-state index contributed by atoms with van der Waals surface area (Å²) >= 11 is 5.91. The van der Waals surface area contributed by atoms with Gasteiger partial charge in [0.05, 0.1) is 17.1 Å². The minimum atomic E-state index is -4.21. The number of amides is 1. The van der Waals surface area contributed by atoms with E-state index in [-0.39, 0.29) is 37.6 Å². The van der Waals surface area contributed by atoms with Gasteiger partial charge in [0.25, 0.3) is 5.91 Å². The molecule has 0 aliphatic carbocycles. The molecule has 4 nitrogen and oxygen atoms in total. The standard InChI is InChI=1S/C12H13ClF3N3O/c13-10-1-2-17-7-9(10)11(20)19-5-3-18(4-6-19)8-12(14,15)16/h1-2,7H,3-6,8H2. The third kappa shape index (κ3) is 3.83. The summed E-state index contributed by atoms with van der Waals surface area (Å²) in [5.74, 6) is -0.297. The number of piperazine rings is 1. The monoisotopic (exact) mass is 307 g/mol. The van der Waals surface area contributed by atoms with E-state index in [0.717, 1.165) is 0 Å². The maximum absolute atomic E-state index is 12.3. The highest BCUT2D eigenvalue weighted by Gasteiger charge is 2.33. The summed E-state index contributed by atoms with van der Waals surface area (Å²) in [6.07, 6.45) is -1.37. The number of hydrogen-bond acceptors (Lipinski definition) is 3. The predicted molar refractivity (Wildman–Crippen MR) is 67.6 cm³/mol. The van der Waals surface area contributed by atoms with Crippen LogP contribution in [0.25, 0.3) is 0 Å². The topological polar surface area (TPSA) is 36.4 Å². The van der Waals surface area contributed by atoms with Gasteiger partial charge in [-0.3, -0.25) is 14.7 Å². The second-order valence-electron chi connectivity index (χ2n) is 4.54. The quantitative estimate of drug-likeness (QED) is 0.839. The third-order valence-corrected chi connectivity index (χ3v) is 3.39. The number of alkyl halides is 3. The molecule has 0 radical (unpaired) electrons. The van der Waals surface area contributed by atoms with Crippen molar-refractivity contribution in [1.29, 1.82) is 0 Å². The van der Waals surface area contributed by atoms with Gasteiger partial charge in [0.2, 0.25) is 0 Å². The Bertz CT molecular complexity index is 487. The highest BCUT2D eigenvalue weighted by atomic mass is 35.5. The molecule has 0 saturated carbocycles. The van der Waals surface area contributed by atoms with E-state index in [9.17, 15) is 18.0 Å². The molecule has 2 heterocycles. The van der Waals surface area contributed by atoms with Crippen LogP contribution in [0.3, 0.4) is 0 Å². The van der Waals surface area contributed by atoms with Gasteiger partial charge in [-0.25, -0.2) is 0 Å². The molecule has 0 N–H and O–H groups in total. The van der Waals surface area contributed by atoms with E-state index >= 15 is 0 Å². The fourth-order valence-electron chi connectivity index (χ4n) is 2.07. The molecule has 8 heteroatoms. The van der Waals surface area contributed by atoms with Crippen molar-refractivity contribution >= 4 is 17.5 Å². The third-order valence-electron chi connectivity index (χ3n) is 3.06. The summed E-state index contributed by atoms with van der Waals surface area (Å²) in [6, 6.07) is 1.51. The van der Waals surface area contributed by atoms with Gasteiger partial charge >= 0.3 is 6.18 Å². The predicted octanol–water partition coefficient (Wildman–Crippen LogP) is 2.06. The summed E-state index contributed by atoms with van der Waals surface area (Å²) < 4.78 is 36.8. The van der Waals surface area contributed by atoms with Crippen LogP contribution in [0.2, 0.25) is 5.02 Å². The molecular formula is C12H13ClF3N3O. The van der Waals surface area contributed by atoms with Crippen molar-refractivity contribution in [2.24, 2.45) is 0 Å². The first kappa shape index (κ1) is 15.1. The minimum absolute atomic E-state index is 0.198. The van der Waals surface area contributed by atoms with E-state index in [1.165, 1.54) is 28.3 Å². The summed E-state index contributed by atoms with van der Waals surface area (Å²) in [5.41, 5.74) is 0.276. The zero-order chi connectivity index (χ0) is 14.8. The van der Waals surface area contributed by atoms with E-state index in [1.807, 2.05) is 0 Å². The van der Waals surface area contributed by atoms with E-state index in [4.69, 9.17) is 11.6 Å². The molecule has 1 aromatic rings. The van der Waals surface area contributed by atoms with Crippen LogP contribution in [0.4, 0.5) is 13.2 Å². The summed E-state index contributed by atoms with van der Waals surface area (Å²) in [6.45, 7) is -0.0464.